The number of nitrogens with two attached hydrogens (primary N) is 1. The molecule has 76 valence electrons. The third kappa shape index (κ3) is 1.71. The summed E-state index contributed by atoms with van der Waals surface area (Å²) in [4.78, 5) is 13.0. The fourth-order valence-electron chi connectivity index (χ4n) is 1.82. The SMILES string of the molecule is CN1CC(Cn2ccc(N)n2)CC1=O. The predicted octanol–water partition coefficient (Wildman–Crippen LogP) is -0.0564. The highest BCUT2D eigenvalue weighted by Gasteiger charge is 2.26. The lowest BCUT2D eigenvalue weighted by Crippen LogP contribution is -2.20. The van der Waals surface area contributed by atoms with Gasteiger partial charge in [-0.1, -0.05) is 0 Å². The van der Waals surface area contributed by atoms with Gasteiger partial charge < -0.3 is 10.6 Å². The Morgan fingerprint density at radius 3 is 3.00 bits per heavy atom. The van der Waals surface area contributed by atoms with Crippen LogP contribution in [0.4, 0.5) is 5.82 Å². The molecule has 14 heavy (non-hydrogen) atoms. The van der Waals surface area contributed by atoms with Crippen LogP contribution in [-0.2, 0) is 11.3 Å². The van der Waals surface area contributed by atoms with Crippen molar-refractivity contribution in [3.8, 4) is 0 Å². The molecule has 0 spiro atoms. The Hall–Kier alpha value is -1.52. The first-order valence-corrected chi connectivity index (χ1v) is 4.68. The van der Waals surface area contributed by atoms with Crippen molar-refractivity contribution in [1.82, 2.24) is 14.7 Å². The summed E-state index contributed by atoms with van der Waals surface area (Å²) >= 11 is 0. The van der Waals surface area contributed by atoms with Crippen LogP contribution in [0.3, 0.4) is 0 Å². The highest BCUT2D eigenvalue weighted by Crippen LogP contribution is 2.17. The molecule has 0 saturated carbocycles. The van der Waals surface area contributed by atoms with Crippen molar-refractivity contribution in [2.24, 2.45) is 5.92 Å². The molecule has 1 unspecified atom stereocenters. The number of nitrogens with zero attached hydrogens (tertiary/aromatic N) is 3. The predicted molar refractivity (Wildman–Crippen MR) is 52.4 cm³/mol. The Labute approximate surface area is 82.5 Å². The number of nitrogen functional groups attached to an aromatic ring is 1. The minimum Gasteiger partial charge on any atom is -0.382 e. The lowest BCUT2D eigenvalue weighted by molar-refractivity contribution is -0.126. The second-order valence-corrected chi connectivity index (χ2v) is 3.81. The molecule has 2 rings (SSSR count). The molecule has 1 amide bonds. The van der Waals surface area contributed by atoms with Crippen molar-refractivity contribution in [3.05, 3.63) is 12.3 Å². The van der Waals surface area contributed by atoms with Gasteiger partial charge in [-0.15, -0.1) is 0 Å². The summed E-state index contributed by atoms with van der Waals surface area (Å²) in [6.07, 6.45) is 2.47. The highest BCUT2D eigenvalue weighted by molar-refractivity contribution is 5.78. The Morgan fingerprint density at radius 2 is 2.50 bits per heavy atom. The van der Waals surface area contributed by atoms with Gasteiger partial charge in [-0.2, -0.15) is 5.10 Å². The fourth-order valence-corrected chi connectivity index (χ4v) is 1.82. The van der Waals surface area contributed by atoms with Gasteiger partial charge >= 0.3 is 0 Å². The topological polar surface area (TPSA) is 64.2 Å². The van der Waals surface area contributed by atoms with Crippen LogP contribution in [0, 0.1) is 5.92 Å². The zero-order valence-electron chi connectivity index (χ0n) is 8.18. The number of aromatic nitrogens is 2. The number of hydrogen-bond donors (Lipinski definition) is 1. The fraction of sp³-hybridized carbons (Fsp3) is 0.556. The smallest absolute Gasteiger partial charge is 0.222 e. The monoisotopic (exact) mass is 194 g/mol. The van der Waals surface area contributed by atoms with Crippen LogP contribution < -0.4 is 5.73 Å². The number of hydrogen-bond acceptors (Lipinski definition) is 3. The summed E-state index contributed by atoms with van der Waals surface area (Å²) in [5.74, 6) is 1.12. The summed E-state index contributed by atoms with van der Waals surface area (Å²) < 4.78 is 1.80. The third-order valence-corrected chi connectivity index (χ3v) is 2.53. The summed E-state index contributed by atoms with van der Waals surface area (Å²) in [6, 6.07) is 1.76. The zero-order chi connectivity index (χ0) is 10.1. The molecule has 2 heterocycles. The summed E-state index contributed by atoms with van der Waals surface area (Å²) in [6.45, 7) is 1.59. The molecule has 0 aliphatic carbocycles. The van der Waals surface area contributed by atoms with Crippen LogP contribution in [-0.4, -0.2) is 34.2 Å². The van der Waals surface area contributed by atoms with Crippen LogP contribution in [0.25, 0.3) is 0 Å². The van der Waals surface area contributed by atoms with Gasteiger partial charge in [0.05, 0.1) is 0 Å². The Bertz CT molecular complexity index is 346. The lowest BCUT2D eigenvalue weighted by atomic mass is 10.1. The molecule has 0 radical (unpaired) electrons. The van der Waals surface area contributed by atoms with Gasteiger partial charge in [0.15, 0.2) is 0 Å². The number of carbonyl (C=O) groups is 1. The maximum absolute atomic E-state index is 11.3. The normalized spacial score (nSPS) is 21.9. The van der Waals surface area contributed by atoms with Crippen molar-refractivity contribution < 1.29 is 4.79 Å². The molecule has 1 saturated heterocycles. The Balaban J connectivity index is 1.96. The van der Waals surface area contributed by atoms with Crippen LogP contribution >= 0.6 is 0 Å². The Morgan fingerprint density at radius 1 is 1.71 bits per heavy atom. The first kappa shape index (κ1) is 9.05. The van der Waals surface area contributed by atoms with Crippen LogP contribution in [0.1, 0.15) is 6.42 Å². The number of carbonyl (C=O) groups excluding carboxylic acids is 1. The van der Waals surface area contributed by atoms with Crippen molar-refractivity contribution in [2.45, 2.75) is 13.0 Å². The van der Waals surface area contributed by atoms with Crippen LogP contribution in [0.2, 0.25) is 0 Å². The number of rotatable bonds is 2. The summed E-state index contributed by atoms with van der Waals surface area (Å²) in [7, 11) is 1.83. The van der Waals surface area contributed by atoms with Crippen LogP contribution in [0.5, 0.6) is 0 Å². The van der Waals surface area contributed by atoms with E-state index in [9.17, 15) is 4.79 Å². The molecule has 0 aromatic carbocycles. The van der Waals surface area contributed by atoms with E-state index >= 15 is 0 Å². The minimum atomic E-state index is 0.218. The average Bonchev–Trinajstić information content (AvgIpc) is 2.62. The van der Waals surface area contributed by atoms with Gasteiger partial charge in [-0.25, -0.2) is 0 Å². The average molecular weight is 194 g/mol. The van der Waals surface area contributed by atoms with Gasteiger partial charge in [0.2, 0.25) is 5.91 Å². The molecule has 5 nitrogen and oxygen atoms in total. The molecule has 0 bridgehead atoms. The third-order valence-electron chi connectivity index (χ3n) is 2.53. The summed E-state index contributed by atoms with van der Waals surface area (Å²) in [5.41, 5.74) is 5.50. The first-order chi connectivity index (χ1) is 6.65. The van der Waals surface area contributed by atoms with E-state index in [0.717, 1.165) is 13.1 Å². The van der Waals surface area contributed by atoms with E-state index in [4.69, 9.17) is 5.73 Å². The van der Waals surface area contributed by atoms with E-state index in [1.807, 2.05) is 13.2 Å². The molecular weight excluding hydrogens is 180 g/mol. The summed E-state index contributed by atoms with van der Waals surface area (Å²) in [5, 5.41) is 4.09. The van der Waals surface area contributed by atoms with Gasteiger partial charge in [0.25, 0.3) is 0 Å². The quantitative estimate of drug-likeness (QED) is 0.717. The number of amides is 1. The highest BCUT2D eigenvalue weighted by atomic mass is 16.2. The van der Waals surface area contributed by atoms with Gasteiger partial charge in [0, 0.05) is 38.7 Å². The molecular formula is C9H14N4O. The zero-order valence-corrected chi connectivity index (χ0v) is 8.18. The van der Waals surface area contributed by atoms with E-state index < -0.39 is 0 Å². The molecule has 5 heteroatoms. The molecule has 1 aliphatic rings. The van der Waals surface area contributed by atoms with Crippen LogP contribution in [0.15, 0.2) is 12.3 Å². The van der Waals surface area contributed by atoms with E-state index in [-0.39, 0.29) is 5.91 Å². The second-order valence-electron chi connectivity index (χ2n) is 3.81. The lowest BCUT2D eigenvalue weighted by Gasteiger charge is -2.09. The minimum absolute atomic E-state index is 0.218. The molecule has 1 fully saturated rings. The Kier molecular flexibility index (Phi) is 2.15. The maximum atomic E-state index is 11.3. The van der Waals surface area contributed by atoms with Crippen molar-refractivity contribution in [2.75, 3.05) is 19.3 Å². The van der Waals surface area contributed by atoms with Gasteiger partial charge in [-0.05, 0) is 6.07 Å². The maximum Gasteiger partial charge on any atom is 0.222 e. The molecule has 1 atom stereocenters. The van der Waals surface area contributed by atoms with Crippen molar-refractivity contribution in [3.63, 3.8) is 0 Å². The van der Waals surface area contributed by atoms with E-state index in [0.29, 0.717) is 18.2 Å². The van der Waals surface area contributed by atoms with E-state index in [1.54, 1.807) is 15.6 Å². The molecule has 1 aromatic rings. The molecule has 1 aliphatic heterocycles. The van der Waals surface area contributed by atoms with E-state index in [2.05, 4.69) is 5.10 Å². The number of anilines is 1. The first-order valence-electron chi connectivity index (χ1n) is 4.68. The standard InChI is InChI=1S/C9H14N4O/c1-12-5-7(4-9(12)14)6-13-3-2-8(10)11-13/h2-3,7H,4-6H2,1H3,(H2,10,11). The number of likely N-dealkylation sites (tertiary alicyclic amines) is 1. The largest absolute Gasteiger partial charge is 0.382 e. The van der Waals surface area contributed by atoms with Crippen molar-refractivity contribution >= 4 is 11.7 Å². The second kappa shape index (κ2) is 3.32. The van der Waals surface area contributed by atoms with Gasteiger partial charge in [0.1, 0.15) is 5.82 Å². The van der Waals surface area contributed by atoms with Crippen molar-refractivity contribution in [1.29, 1.82) is 0 Å². The molecule has 2 N–H and O–H groups in total. The van der Waals surface area contributed by atoms with E-state index in [1.165, 1.54) is 0 Å². The van der Waals surface area contributed by atoms with Gasteiger partial charge in [-0.3, -0.25) is 9.48 Å². The molecule has 1 aromatic heterocycles.